The Hall–Kier alpha value is 0.590. The van der Waals surface area contributed by atoms with Crippen LogP contribution >= 0.6 is 24.4 Å². The van der Waals surface area contributed by atoms with E-state index in [1.165, 1.54) is 0 Å². The Labute approximate surface area is 63.6 Å². The lowest BCUT2D eigenvalue weighted by Gasteiger charge is -1.92. The summed E-state index contributed by atoms with van der Waals surface area (Å²) in [6.07, 6.45) is 0. The van der Waals surface area contributed by atoms with Crippen molar-refractivity contribution in [2.75, 3.05) is 0 Å². The summed E-state index contributed by atoms with van der Waals surface area (Å²) in [5.74, 6) is 0. The van der Waals surface area contributed by atoms with Gasteiger partial charge in [-0.25, -0.2) is 0 Å². The maximum absolute atomic E-state index is 8.74. The van der Waals surface area contributed by atoms with Crippen molar-refractivity contribution >= 4 is 24.4 Å². The Morgan fingerprint density at radius 1 is 1.56 bits per heavy atom. The van der Waals surface area contributed by atoms with E-state index in [1.54, 1.807) is 0 Å². The fourth-order valence-corrected chi connectivity index (χ4v) is 0. The van der Waals surface area contributed by atoms with Crippen LogP contribution in [0.1, 0.15) is 13.8 Å². The van der Waals surface area contributed by atoms with Gasteiger partial charge in [-0.3, -0.25) is 8.91 Å². The average Bonchev–Trinajstić information content (AvgIpc) is 1.65. The van der Waals surface area contributed by atoms with Gasteiger partial charge in [0.25, 0.3) is 0 Å². The summed E-state index contributed by atoms with van der Waals surface area (Å²) in [6, 6.07) is 0.551. The van der Waals surface area contributed by atoms with Gasteiger partial charge in [-0.05, 0) is 13.8 Å². The van der Waals surface area contributed by atoms with Crippen LogP contribution in [0.25, 0.3) is 0 Å². The first kappa shape index (κ1) is 12.3. The van der Waals surface area contributed by atoms with Crippen molar-refractivity contribution in [2.24, 2.45) is 0 Å². The van der Waals surface area contributed by atoms with Gasteiger partial charge in [0.2, 0.25) is 0 Å². The van der Waals surface area contributed by atoms with Crippen LogP contribution in [-0.4, -0.2) is 15.8 Å². The summed E-state index contributed by atoms with van der Waals surface area (Å²) in [5.41, 5.74) is 0. The molecule has 3 N–H and O–H groups in total. The molecule has 0 amide bonds. The van der Waals surface area contributed by atoms with Gasteiger partial charge in [0.05, 0.1) is 0 Å². The maximum Gasteiger partial charge on any atom is 0.314 e. The first-order valence-electron chi connectivity index (χ1n) is 2.28. The van der Waals surface area contributed by atoms with E-state index >= 15 is 0 Å². The van der Waals surface area contributed by atoms with Crippen LogP contribution in [0.2, 0.25) is 0 Å². The van der Waals surface area contributed by atoms with E-state index in [-0.39, 0.29) is 0 Å². The molecule has 0 saturated carbocycles. The van der Waals surface area contributed by atoms with Gasteiger partial charge < -0.3 is 9.79 Å². The maximum atomic E-state index is 8.74. The summed E-state index contributed by atoms with van der Waals surface area (Å²) in [6.45, 7) is 4.13. The molecule has 0 fully saturated rings. The predicted molar refractivity (Wildman–Crippen MR) is 40.6 cm³/mol. The van der Waals surface area contributed by atoms with Crippen LogP contribution in [0.5, 0.6) is 0 Å². The Kier molecular flexibility index (Phi) is 11.7. The first-order chi connectivity index (χ1) is 4.00. The first-order valence-corrected chi connectivity index (χ1v) is 4.38. The smallest absolute Gasteiger partial charge is 0.314 e. The van der Waals surface area contributed by atoms with Gasteiger partial charge in [-0.2, -0.15) is 0 Å². The molecule has 0 atom stereocenters. The molecule has 0 bridgehead atoms. The fraction of sp³-hybridized carbons (Fsp3) is 1.00. The van der Waals surface area contributed by atoms with Gasteiger partial charge in [0.1, 0.15) is 0 Å². The van der Waals surface area contributed by atoms with Gasteiger partial charge in [-0.1, -0.05) is 0 Å². The summed E-state index contributed by atoms with van der Waals surface area (Å²) in [7, 11) is -3.13. The monoisotopic (exact) mass is 219 g/mol. The molecule has 6 heteroatoms. The molecule has 0 spiro atoms. The number of halogens is 1. The molecule has 4 nitrogen and oxygen atoms in total. The van der Waals surface area contributed by atoms with E-state index in [9.17, 15) is 0 Å². The third-order valence-corrected chi connectivity index (χ3v) is 1.13. The molecule has 0 aliphatic carbocycles. The molecular weight excluding hydrogens is 209 g/mol. The highest BCUT2D eigenvalue weighted by atomic mass is 79.9. The summed E-state index contributed by atoms with van der Waals surface area (Å²) in [5, 5.41) is 0. The Bertz CT molecular complexity index is 75.5. The van der Waals surface area contributed by atoms with Crippen molar-refractivity contribution in [1.29, 1.82) is 0 Å². The van der Waals surface area contributed by atoms with Gasteiger partial charge >= 0.3 is 8.25 Å². The van der Waals surface area contributed by atoms with Gasteiger partial charge in [0, 0.05) is 22.2 Å². The van der Waals surface area contributed by atoms with Crippen molar-refractivity contribution in [3.8, 4) is 0 Å². The normalized spacial score (nSPS) is 9.22. The van der Waals surface area contributed by atoms with Crippen LogP contribution in [0.4, 0.5) is 0 Å². The van der Waals surface area contributed by atoms with Crippen molar-refractivity contribution in [2.45, 2.75) is 19.9 Å². The molecule has 0 aromatic heterocycles. The summed E-state index contributed by atoms with van der Waals surface area (Å²) >= 11 is 3.06. The lowest BCUT2D eigenvalue weighted by Crippen LogP contribution is -2.08. The third-order valence-electron chi connectivity index (χ3n) is 0.218. The zero-order valence-corrected chi connectivity index (χ0v) is 7.84. The highest BCUT2D eigenvalue weighted by Gasteiger charge is 1.78. The predicted octanol–water partition coefficient (Wildman–Crippen LogP) is 0.655. The molecule has 0 saturated heterocycles. The van der Waals surface area contributed by atoms with E-state index in [1.807, 2.05) is 0 Å². The quantitative estimate of drug-likeness (QED) is 0.448. The lowest BCUT2D eigenvalue weighted by molar-refractivity contribution is 0.405. The minimum absolute atomic E-state index is 0.551. The summed E-state index contributed by atoms with van der Waals surface area (Å²) in [4.78, 5) is 14.3. The molecule has 0 radical (unpaired) electrons. The molecule has 9 heavy (non-hydrogen) atoms. The molecule has 0 rings (SSSR count). The van der Waals surface area contributed by atoms with Crippen LogP contribution in [-0.2, 0) is 4.57 Å². The highest BCUT2D eigenvalue weighted by Crippen LogP contribution is 1.98. The standard InChI is InChI=1S/C3H8BrN.H3O3P/c1-3(2)5-4;1-4(2)3/h3,5H,1-2H3;4H,(H2,1,2,3). The Balaban J connectivity index is 0. The van der Waals surface area contributed by atoms with Crippen molar-refractivity contribution in [3.05, 3.63) is 0 Å². The third kappa shape index (κ3) is 55.6. The second kappa shape index (κ2) is 8.59. The minimum atomic E-state index is -3.13. The number of rotatable bonds is 1. The zero-order valence-electron chi connectivity index (χ0n) is 5.26. The molecule has 0 unspecified atom stereocenters. The Morgan fingerprint density at radius 2 is 1.67 bits per heavy atom. The van der Waals surface area contributed by atoms with Crippen LogP contribution < -0.4 is 4.34 Å². The Morgan fingerprint density at radius 3 is 1.67 bits per heavy atom. The van der Waals surface area contributed by atoms with E-state index in [2.05, 4.69) is 34.3 Å². The number of hydrogen-bond acceptors (Lipinski definition) is 2. The largest absolute Gasteiger partial charge is 0.326 e. The molecule has 0 aliphatic rings. The molecule has 0 heterocycles. The van der Waals surface area contributed by atoms with Crippen molar-refractivity contribution in [3.63, 3.8) is 0 Å². The SMILES string of the molecule is CC(C)NBr.O=[PH](O)O. The van der Waals surface area contributed by atoms with Gasteiger partial charge in [-0.15, -0.1) is 0 Å². The van der Waals surface area contributed by atoms with Crippen LogP contribution in [0.15, 0.2) is 0 Å². The molecular formula is C3H11BrNO3P. The topological polar surface area (TPSA) is 69.6 Å². The van der Waals surface area contributed by atoms with Crippen molar-refractivity contribution < 1.29 is 14.4 Å². The second-order valence-corrected chi connectivity index (χ2v) is 2.57. The molecule has 0 aromatic rings. The fourth-order valence-electron chi connectivity index (χ4n) is 0. The van der Waals surface area contributed by atoms with Crippen LogP contribution in [0.3, 0.4) is 0 Å². The van der Waals surface area contributed by atoms with E-state index in [0.29, 0.717) is 6.04 Å². The molecule has 0 aliphatic heterocycles. The van der Waals surface area contributed by atoms with Crippen LogP contribution in [0, 0.1) is 0 Å². The average molecular weight is 220 g/mol. The minimum Gasteiger partial charge on any atom is -0.326 e. The lowest BCUT2D eigenvalue weighted by atomic mass is 10.4. The molecule has 58 valence electrons. The number of nitrogens with one attached hydrogen (secondary N) is 1. The summed E-state index contributed by atoms with van der Waals surface area (Å²) < 4.78 is 11.6. The second-order valence-electron chi connectivity index (χ2n) is 1.55. The van der Waals surface area contributed by atoms with E-state index in [4.69, 9.17) is 14.4 Å². The van der Waals surface area contributed by atoms with E-state index in [0.717, 1.165) is 0 Å². The van der Waals surface area contributed by atoms with E-state index < -0.39 is 8.25 Å². The number of hydrogen-bond donors (Lipinski definition) is 3. The molecule has 0 aromatic carbocycles. The zero-order chi connectivity index (χ0) is 7.86. The highest BCUT2D eigenvalue weighted by molar-refractivity contribution is 9.08. The van der Waals surface area contributed by atoms with Gasteiger partial charge in [0.15, 0.2) is 0 Å². The van der Waals surface area contributed by atoms with Crippen molar-refractivity contribution in [1.82, 2.24) is 4.34 Å².